The summed E-state index contributed by atoms with van der Waals surface area (Å²) in [4.78, 5) is 0. The van der Waals surface area contributed by atoms with Gasteiger partial charge in [-0.3, -0.25) is 0 Å². The molecule has 26 heavy (non-hydrogen) atoms. The van der Waals surface area contributed by atoms with E-state index < -0.39 is 0 Å². The van der Waals surface area contributed by atoms with Gasteiger partial charge in [0, 0.05) is 28.5 Å². The van der Waals surface area contributed by atoms with Gasteiger partial charge in [-0.1, -0.05) is 37.6 Å². The van der Waals surface area contributed by atoms with E-state index in [1.165, 1.54) is 0 Å². The molecule has 1 N–H and O–H groups in total. The number of rotatable bonds is 3. The number of fused-ring (bicyclic) bond motifs is 3. The molecule has 0 amide bonds. The molecule has 2 atom stereocenters. The Balaban J connectivity index is 1.80. The fourth-order valence-electron chi connectivity index (χ4n) is 3.61. The minimum Gasteiger partial charge on any atom is -0.507 e. The van der Waals surface area contributed by atoms with E-state index in [9.17, 15) is 5.11 Å². The van der Waals surface area contributed by atoms with E-state index >= 15 is 0 Å². The van der Waals surface area contributed by atoms with Crippen LogP contribution in [0.25, 0.3) is 0 Å². The highest BCUT2D eigenvalue weighted by Crippen LogP contribution is 2.48. The highest BCUT2D eigenvalue weighted by Gasteiger charge is 2.42. The molecule has 0 unspecified atom stereocenters. The Hall–Kier alpha value is -2.40. The van der Waals surface area contributed by atoms with E-state index in [0.29, 0.717) is 17.0 Å². The molecule has 0 fully saturated rings. The maximum absolute atomic E-state index is 10.3. The first kappa shape index (κ1) is 17.0. The van der Waals surface area contributed by atoms with E-state index in [1.54, 1.807) is 25.3 Å². The molecule has 0 saturated heterocycles. The highest BCUT2D eigenvalue weighted by molar-refractivity contribution is 6.31. The second-order valence-corrected chi connectivity index (χ2v) is 7.38. The average molecular weight is 373 g/mol. The summed E-state index contributed by atoms with van der Waals surface area (Å²) < 4.78 is 11.8. The van der Waals surface area contributed by atoms with Crippen molar-refractivity contribution in [2.24, 2.45) is 11.0 Å². The molecule has 136 valence electrons. The van der Waals surface area contributed by atoms with Gasteiger partial charge in [0.05, 0.1) is 18.9 Å². The zero-order chi connectivity index (χ0) is 18.4. The molecule has 2 aromatic carbocycles. The lowest BCUT2D eigenvalue weighted by Gasteiger charge is -2.40. The second-order valence-electron chi connectivity index (χ2n) is 6.94. The van der Waals surface area contributed by atoms with Crippen molar-refractivity contribution in [3.05, 3.63) is 52.5 Å². The maximum Gasteiger partial charge on any atom is 0.190 e. The summed E-state index contributed by atoms with van der Waals surface area (Å²) in [6.07, 6.45) is 0.461. The molecule has 0 aromatic heterocycles. The number of para-hydroxylation sites is 1. The minimum atomic E-state index is -0.206. The van der Waals surface area contributed by atoms with Crippen LogP contribution >= 0.6 is 11.6 Å². The fraction of sp³-hybridized carbons (Fsp3) is 0.350. The van der Waals surface area contributed by atoms with E-state index in [4.69, 9.17) is 26.2 Å². The third kappa shape index (κ3) is 2.67. The average Bonchev–Trinajstić information content (AvgIpc) is 3.07. The number of methoxy groups -OCH3 is 1. The van der Waals surface area contributed by atoms with Gasteiger partial charge >= 0.3 is 0 Å². The quantitative estimate of drug-likeness (QED) is 0.856. The molecule has 0 spiro atoms. The molecule has 0 bridgehead atoms. The van der Waals surface area contributed by atoms with E-state index in [0.717, 1.165) is 22.8 Å². The van der Waals surface area contributed by atoms with Crippen molar-refractivity contribution < 1.29 is 14.6 Å². The number of hydrogen-bond donors (Lipinski definition) is 1. The lowest BCUT2D eigenvalue weighted by Crippen LogP contribution is -2.43. The zero-order valence-electron chi connectivity index (χ0n) is 14.9. The van der Waals surface area contributed by atoms with Gasteiger partial charge in [-0.15, -0.1) is 0 Å². The number of ether oxygens (including phenoxy) is 2. The third-order valence-electron chi connectivity index (χ3n) is 4.87. The molecule has 0 radical (unpaired) electrons. The number of hydrazone groups is 1. The van der Waals surface area contributed by atoms with Crippen molar-refractivity contribution >= 4 is 17.3 Å². The third-order valence-corrected chi connectivity index (χ3v) is 5.10. The van der Waals surface area contributed by atoms with Crippen LogP contribution in [0.4, 0.5) is 0 Å². The summed E-state index contributed by atoms with van der Waals surface area (Å²) in [5, 5.41) is 17.7. The van der Waals surface area contributed by atoms with E-state index in [1.807, 2.05) is 23.2 Å². The molecular weight excluding hydrogens is 352 g/mol. The molecule has 2 aliphatic rings. The summed E-state index contributed by atoms with van der Waals surface area (Å²) >= 11 is 6.13. The van der Waals surface area contributed by atoms with Gasteiger partial charge < -0.3 is 14.6 Å². The molecule has 2 aromatic rings. The Morgan fingerprint density at radius 1 is 1.31 bits per heavy atom. The number of aromatic hydroxyl groups is 1. The minimum absolute atomic E-state index is 0.0367. The van der Waals surface area contributed by atoms with Crippen LogP contribution in [0.2, 0.25) is 5.02 Å². The first-order valence-electron chi connectivity index (χ1n) is 8.68. The molecule has 6 heteroatoms. The molecule has 4 rings (SSSR count). The highest BCUT2D eigenvalue weighted by atomic mass is 35.5. The zero-order valence-corrected chi connectivity index (χ0v) is 15.7. The molecule has 0 saturated carbocycles. The number of phenolic OH excluding ortho intramolecular Hbond substituents is 1. The topological polar surface area (TPSA) is 54.3 Å². The number of halogens is 1. The SMILES string of the molecule is COc1cccc2c1O[C@@H](C(C)C)N1N=C(c3cc(Cl)ccc3O)C[C@@H]21. The number of phenols is 1. The van der Waals surface area contributed by atoms with Gasteiger partial charge in [0.25, 0.3) is 0 Å². The standard InChI is InChI=1S/C20H21ClN2O3/c1-11(2)20-23-16(13-5-4-6-18(25-3)19(13)26-20)10-15(22-23)14-9-12(21)7-8-17(14)24/h4-9,11,16,20,24H,10H2,1-3H3/t16-,20-/m0/s1. The van der Waals surface area contributed by atoms with Gasteiger partial charge in [-0.25, -0.2) is 5.01 Å². The van der Waals surface area contributed by atoms with Crippen LogP contribution < -0.4 is 9.47 Å². The van der Waals surface area contributed by atoms with Gasteiger partial charge in [0.1, 0.15) is 5.75 Å². The summed E-state index contributed by atoms with van der Waals surface area (Å²) in [5.74, 6) is 1.92. The first-order chi connectivity index (χ1) is 12.5. The fourth-order valence-corrected chi connectivity index (χ4v) is 3.79. The second kappa shape index (κ2) is 6.40. The van der Waals surface area contributed by atoms with Crippen LogP contribution in [0.5, 0.6) is 17.2 Å². The Labute approximate surface area is 157 Å². The molecule has 2 heterocycles. The Bertz CT molecular complexity index is 881. The summed E-state index contributed by atoms with van der Waals surface area (Å²) in [5.41, 5.74) is 2.51. The maximum atomic E-state index is 10.3. The van der Waals surface area contributed by atoms with Crippen LogP contribution in [0.15, 0.2) is 41.5 Å². The van der Waals surface area contributed by atoms with Gasteiger partial charge in [-0.05, 0) is 24.3 Å². The monoisotopic (exact) mass is 372 g/mol. The largest absolute Gasteiger partial charge is 0.507 e. The van der Waals surface area contributed by atoms with Gasteiger partial charge in [0.15, 0.2) is 17.7 Å². The van der Waals surface area contributed by atoms with Crippen molar-refractivity contribution in [1.82, 2.24) is 5.01 Å². The van der Waals surface area contributed by atoms with Crippen LogP contribution in [-0.2, 0) is 0 Å². The van der Waals surface area contributed by atoms with Crippen molar-refractivity contribution in [2.75, 3.05) is 7.11 Å². The molecule has 2 aliphatic heterocycles. The number of benzene rings is 2. The summed E-state index contributed by atoms with van der Waals surface area (Å²) in [7, 11) is 1.65. The lowest BCUT2D eigenvalue weighted by molar-refractivity contribution is -0.0476. The molecular formula is C20H21ClN2O3. The van der Waals surface area contributed by atoms with Gasteiger partial charge in [0.2, 0.25) is 0 Å². The van der Waals surface area contributed by atoms with Crippen molar-refractivity contribution in [2.45, 2.75) is 32.5 Å². The predicted molar refractivity (Wildman–Crippen MR) is 101 cm³/mol. The Morgan fingerprint density at radius 2 is 2.12 bits per heavy atom. The molecule has 5 nitrogen and oxygen atoms in total. The number of hydrogen-bond acceptors (Lipinski definition) is 5. The van der Waals surface area contributed by atoms with Crippen molar-refractivity contribution in [3.8, 4) is 17.2 Å². The van der Waals surface area contributed by atoms with Crippen LogP contribution in [-0.4, -0.2) is 29.2 Å². The van der Waals surface area contributed by atoms with Crippen molar-refractivity contribution in [3.63, 3.8) is 0 Å². The predicted octanol–water partition coefficient (Wildman–Crippen LogP) is 4.58. The first-order valence-corrected chi connectivity index (χ1v) is 9.05. The van der Waals surface area contributed by atoms with E-state index in [2.05, 4.69) is 13.8 Å². The Morgan fingerprint density at radius 3 is 2.85 bits per heavy atom. The van der Waals surface area contributed by atoms with Crippen LogP contribution in [0, 0.1) is 5.92 Å². The lowest BCUT2D eigenvalue weighted by atomic mass is 9.95. The smallest absolute Gasteiger partial charge is 0.190 e. The normalized spacial score (nSPS) is 21.1. The van der Waals surface area contributed by atoms with E-state index in [-0.39, 0.29) is 23.9 Å². The number of nitrogens with zero attached hydrogens (tertiary/aromatic N) is 2. The molecule has 0 aliphatic carbocycles. The Kier molecular flexibility index (Phi) is 4.19. The summed E-state index contributed by atoms with van der Waals surface area (Å²) in [6, 6.07) is 11.0. The van der Waals surface area contributed by atoms with Crippen molar-refractivity contribution in [1.29, 1.82) is 0 Å². The van der Waals surface area contributed by atoms with Gasteiger partial charge in [-0.2, -0.15) is 5.10 Å². The van der Waals surface area contributed by atoms with Crippen LogP contribution in [0.3, 0.4) is 0 Å². The summed E-state index contributed by atoms with van der Waals surface area (Å²) in [6.45, 7) is 4.21. The van der Waals surface area contributed by atoms with Crippen LogP contribution in [0.1, 0.15) is 37.4 Å².